The van der Waals surface area contributed by atoms with Gasteiger partial charge in [0.2, 0.25) is 0 Å². The number of rotatable bonds is 4. The van der Waals surface area contributed by atoms with Crippen LogP contribution in [0.2, 0.25) is 0 Å². The lowest BCUT2D eigenvalue weighted by Gasteiger charge is -2.20. The molecule has 0 aliphatic heterocycles. The van der Waals surface area contributed by atoms with Gasteiger partial charge >= 0.3 is 5.97 Å². The third-order valence-corrected chi connectivity index (χ3v) is 3.47. The van der Waals surface area contributed by atoms with Gasteiger partial charge < -0.3 is 10.0 Å². The van der Waals surface area contributed by atoms with Crippen molar-refractivity contribution in [1.29, 1.82) is 0 Å². The van der Waals surface area contributed by atoms with Gasteiger partial charge in [-0.2, -0.15) is 5.10 Å². The predicted molar refractivity (Wildman–Crippen MR) is 81.8 cm³/mol. The summed E-state index contributed by atoms with van der Waals surface area (Å²) >= 11 is 0. The summed E-state index contributed by atoms with van der Waals surface area (Å²) in [5, 5.41) is 13.6. The summed E-state index contributed by atoms with van der Waals surface area (Å²) in [5.74, 6) is -0.520. The molecule has 0 fully saturated rings. The Labute approximate surface area is 124 Å². The first kappa shape index (κ1) is 15.3. The minimum absolute atomic E-state index is 0.0454. The van der Waals surface area contributed by atoms with Crippen LogP contribution < -0.4 is 4.90 Å². The van der Waals surface area contributed by atoms with Gasteiger partial charge in [-0.15, -0.1) is 0 Å². The highest BCUT2D eigenvalue weighted by Gasteiger charge is 2.21. The quantitative estimate of drug-likeness (QED) is 0.934. The number of fused-ring (bicyclic) bond motifs is 1. The van der Waals surface area contributed by atoms with Crippen molar-refractivity contribution in [2.24, 2.45) is 5.92 Å². The number of hydrogen-bond acceptors (Lipinski definition) is 4. The Morgan fingerprint density at radius 2 is 2.14 bits per heavy atom. The molecule has 0 saturated heterocycles. The van der Waals surface area contributed by atoms with Gasteiger partial charge in [0.25, 0.3) is 0 Å². The van der Waals surface area contributed by atoms with Gasteiger partial charge in [-0.05, 0) is 6.07 Å². The topological polar surface area (TPSA) is 70.7 Å². The largest absolute Gasteiger partial charge is 0.481 e. The minimum atomic E-state index is -0.808. The molecule has 0 saturated carbocycles. The molecule has 114 valence electrons. The lowest BCUT2D eigenvalue weighted by Crippen LogP contribution is -2.29. The molecule has 0 spiro atoms. The molecular formula is C15H22N4O2. The first-order valence-corrected chi connectivity index (χ1v) is 6.99. The van der Waals surface area contributed by atoms with Crippen LogP contribution in [0.3, 0.4) is 0 Å². The van der Waals surface area contributed by atoms with E-state index in [1.54, 1.807) is 17.6 Å². The van der Waals surface area contributed by atoms with Crippen LogP contribution in [0.25, 0.3) is 5.52 Å². The molecule has 6 nitrogen and oxygen atoms in total. The number of hydrogen-bond donors (Lipinski definition) is 1. The van der Waals surface area contributed by atoms with E-state index in [1.165, 1.54) is 0 Å². The SMILES string of the molecule is CC(CN(C)c1nccn2nc(C(C)(C)C)cc12)C(=O)O. The Balaban J connectivity index is 2.40. The minimum Gasteiger partial charge on any atom is -0.481 e. The Bertz CT molecular complexity index is 657. The van der Waals surface area contributed by atoms with Crippen LogP contribution in [0.4, 0.5) is 5.82 Å². The monoisotopic (exact) mass is 290 g/mol. The van der Waals surface area contributed by atoms with E-state index in [0.29, 0.717) is 6.54 Å². The molecule has 0 aliphatic rings. The molecule has 2 aromatic heterocycles. The summed E-state index contributed by atoms with van der Waals surface area (Å²) in [4.78, 5) is 17.3. The highest BCUT2D eigenvalue weighted by Crippen LogP contribution is 2.26. The molecule has 0 radical (unpaired) electrons. The van der Waals surface area contributed by atoms with Crippen LogP contribution >= 0.6 is 0 Å². The Morgan fingerprint density at radius 3 is 2.71 bits per heavy atom. The van der Waals surface area contributed by atoms with E-state index in [1.807, 2.05) is 24.2 Å². The van der Waals surface area contributed by atoms with E-state index in [-0.39, 0.29) is 5.41 Å². The van der Waals surface area contributed by atoms with Crippen molar-refractivity contribution >= 4 is 17.3 Å². The summed E-state index contributed by atoms with van der Waals surface area (Å²) in [5.41, 5.74) is 1.83. The maximum Gasteiger partial charge on any atom is 0.308 e. The van der Waals surface area contributed by atoms with E-state index < -0.39 is 11.9 Å². The summed E-state index contributed by atoms with van der Waals surface area (Å²) in [6.07, 6.45) is 3.49. The maximum atomic E-state index is 11.0. The number of aromatic nitrogens is 3. The second-order valence-corrected chi connectivity index (χ2v) is 6.48. The van der Waals surface area contributed by atoms with Crippen molar-refractivity contribution < 1.29 is 9.90 Å². The van der Waals surface area contributed by atoms with Gasteiger partial charge in [0, 0.05) is 31.4 Å². The van der Waals surface area contributed by atoms with Crippen LogP contribution in [-0.2, 0) is 10.2 Å². The fraction of sp³-hybridized carbons (Fsp3) is 0.533. The van der Waals surface area contributed by atoms with Gasteiger partial charge in [-0.1, -0.05) is 27.7 Å². The molecule has 2 rings (SSSR count). The van der Waals surface area contributed by atoms with Gasteiger partial charge in [-0.25, -0.2) is 9.50 Å². The third-order valence-electron chi connectivity index (χ3n) is 3.47. The third kappa shape index (κ3) is 3.15. The van der Waals surface area contributed by atoms with E-state index in [2.05, 4.69) is 30.9 Å². The predicted octanol–water partition coefficient (Wildman–Crippen LogP) is 2.18. The van der Waals surface area contributed by atoms with Crippen LogP contribution in [0.5, 0.6) is 0 Å². The van der Waals surface area contributed by atoms with Crippen LogP contribution in [0.1, 0.15) is 33.4 Å². The van der Waals surface area contributed by atoms with Crippen molar-refractivity contribution in [3.63, 3.8) is 0 Å². The molecule has 2 aromatic rings. The molecule has 1 unspecified atom stereocenters. The van der Waals surface area contributed by atoms with Crippen molar-refractivity contribution in [3.8, 4) is 0 Å². The molecule has 0 bridgehead atoms. The smallest absolute Gasteiger partial charge is 0.308 e. The zero-order chi connectivity index (χ0) is 15.8. The number of nitrogens with zero attached hydrogens (tertiary/aromatic N) is 4. The summed E-state index contributed by atoms with van der Waals surface area (Å²) < 4.78 is 1.80. The average Bonchev–Trinajstić information content (AvgIpc) is 2.81. The van der Waals surface area contributed by atoms with E-state index in [0.717, 1.165) is 17.0 Å². The van der Waals surface area contributed by atoms with Gasteiger partial charge in [0.05, 0.1) is 11.6 Å². The molecule has 1 N–H and O–H groups in total. The van der Waals surface area contributed by atoms with Crippen molar-refractivity contribution in [3.05, 3.63) is 24.2 Å². The first-order valence-electron chi connectivity index (χ1n) is 6.99. The highest BCUT2D eigenvalue weighted by atomic mass is 16.4. The van der Waals surface area contributed by atoms with Crippen molar-refractivity contribution in [2.45, 2.75) is 33.1 Å². The van der Waals surface area contributed by atoms with Gasteiger partial charge in [0.1, 0.15) is 5.52 Å². The molecule has 6 heteroatoms. The molecule has 1 atom stereocenters. The second kappa shape index (κ2) is 5.35. The number of carbonyl (C=O) groups is 1. The Hall–Kier alpha value is -2.11. The lowest BCUT2D eigenvalue weighted by atomic mass is 9.92. The maximum absolute atomic E-state index is 11.0. The molecule has 2 heterocycles. The summed E-state index contributed by atoms with van der Waals surface area (Å²) in [7, 11) is 1.85. The fourth-order valence-corrected chi connectivity index (χ4v) is 2.14. The second-order valence-electron chi connectivity index (χ2n) is 6.48. The normalized spacial score (nSPS) is 13.4. The van der Waals surface area contributed by atoms with Crippen molar-refractivity contribution in [2.75, 3.05) is 18.5 Å². The Kier molecular flexibility index (Phi) is 3.89. The molecule has 0 amide bonds. The molecule has 0 aliphatic carbocycles. The number of carboxylic acids is 1. The van der Waals surface area contributed by atoms with E-state index in [9.17, 15) is 4.79 Å². The number of aliphatic carboxylic acids is 1. The fourth-order valence-electron chi connectivity index (χ4n) is 2.14. The zero-order valence-corrected chi connectivity index (χ0v) is 13.2. The van der Waals surface area contributed by atoms with E-state index >= 15 is 0 Å². The van der Waals surface area contributed by atoms with Crippen LogP contribution in [-0.4, -0.2) is 39.3 Å². The standard InChI is InChI=1S/C15H22N4O2/c1-10(14(20)21)9-18(5)13-11-8-12(15(2,3)4)17-19(11)7-6-16-13/h6-8,10H,9H2,1-5H3,(H,20,21). The molecule has 0 aromatic carbocycles. The van der Waals surface area contributed by atoms with Crippen LogP contribution in [0.15, 0.2) is 18.5 Å². The molecular weight excluding hydrogens is 268 g/mol. The molecule has 21 heavy (non-hydrogen) atoms. The number of anilines is 1. The van der Waals surface area contributed by atoms with Crippen molar-refractivity contribution in [1.82, 2.24) is 14.6 Å². The average molecular weight is 290 g/mol. The Morgan fingerprint density at radius 1 is 1.48 bits per heavy atom. The van der Waals surface area contributed by atoms with Gasteiger partial charge in [0.15, 0.2) is 5.82 Å². The number of carboxylic acid groups (broad SMARTS) is 1. The van der Waals surface area contributed by atoms with Gasteiger partial charge in [-0.3, -0.25) is 4.79 Å². The summed E-state index contributed by atoms with van der Waals surface area (Å²) in [6.45, 7) is 8.42. The van der Waals surface area contributed by atoms with E-state index in [4.69, 9.17) is 5.11 Å². The zero-order valence-electron chi connectivity index (χ0n) is 13.2. The highest BCUT2D eigenvalue weighted by molar-refractivity contribution is 5.72. The first-order chi connectivity index (χ1) is 9.70. The summed E-state index contributed by atoms with van der Waals surface area (Å²) in [6, 6.07) is 2.02. The van der Waals surface area contributed by atoms with Crippen LogP contribution in [0, 0.1) is 5.92 Å². The lowest BCUT2D eigenvalue weighted by molar-refractivity contribution is -0.140.